The van der Waals surface area contributed by atoms with Gasteiger partial charge in [0.15, 0.2) is 11.6 Å². The van der Waals surface area contributed by atoms with Gasteiger partial charge >= 0.3 is 11.9 Å². The first-order valence-electron chi connectivity index (χ1n) is 29.2. The van der Waals surface area contributed by atoms with Gasteiger partial charge in [-0.3, -0.25) is 19.2 Å². The molecule has 72 heavy (non-hydrogen) atoms. The zero-order chi connectivity index (χ0) is 53.2. The fourth-order valence-electron chi connectivity index (χ4n) is 22.2. The van der Waals surface area contributed by atoms with Crippen LogP contribution in [0.2, 0.25) is 0 Å². The summed E-state index contributed by atoms with van der Waals surface area (Å²) in [5.74, 6) is 2.26. The molecule has 0 amide bonds. The molecule has 0 aromatic heterocycles. The standard InChI is InChI=1S/C33H53NO3.C31H49NO3/c1-28(2)24-11-14-33(7)26(31(24,5)13-12-25(28)34(8)9)23(35)19-21-22-20-30(4,27(36)37-10)16-15-29(22,3)17-18-32(21,33)6;1-26(2)22-9-12-31(7)24(29(22,5)11-10-23(26)32)21(33)17-19-20-18-28(4,25(34)35-8)14-13-27(20,3)15-16-30(19,31)6/h19,22,24-26H,11-18,20H2,1-10H3;17,20,22-24H,9-16,18,32H2,1-8H3/t22-,24-,25?,26+,29+,30-,31-,32+,33+;20-,22-,23?,24+,27+,28-,29-,30+,31+/m00/s1. The van der Waals surface area contributed by atoms with E-state index in [1.165, 1.54) is 51.0 Å². The van der Waals surface area contributed by atoms with Gasteiger partial charge in [-0.1, -0.05) is 94.2 Å². The Hall–Kier alpha value is -2.32. The summed E-state index contributed by atoms with van der Waals surface area (Å²) >= 11 is 0. The van der Waals surface area contributed by atoms with Gasteiger partial charge in [-0.15, -0.1) is 0 Å². The van der Waals surface area contributed by atoms with Crippen molar-refractivity contribution in [3.63, 3.8) is 0 Å². The monoisotopic (exact) mass is 995 g/mol. The van der Waals surface area contributed by atoms with E-state index >= 15 is 0 Å². The molecular weight excluding hydrogens is 893 g/mol. The second kappa shape index (κ2) is 16.8. The minimum Gasteiger partial charge on any atom is -0.469 e. The highest BCUT2D eigenvalue weighted by Gasteiger charge is 2.72. The molecule has 10 rings (SSSR count). The smallest absolute Gasteiger partial charge is 0.311 e. The molecule has 2 N–H and O–H groups in total. The van der Waals surface area contributed by atoms with E-state index in [1.54, 1.807) is 0 Å². The number of esters is 2. The second-order valence-electron chi connectivity index (χ2n) is 31.3. The Labute approximate surface area is 437 Å². The first-order chi connectivity index (χ1) is 33.1. The fraction of sp³-hybridized carbons (Fsp3) is 0.875. The van der Waals surface area contributed by atoms with Crippen LogP contribution in [0.15, 0.2) is 23.3 Å². The van der Waals surface area contributed by atoms with Crippen LogP contribution in [0.5, 0.6) is 0 Å². The maximum absolute atomic E-state index is 14.5. The van der Waals surface area contributed by atoms with Gasteiger partial charge in [0.25, 0.3) is 0 Å². The summed E-state index contributed by atoms with van der Waals surface area (Å²) in [5.41, 5.74) is 8.93. The number of rotatable bonds is 3. The quantitative estimate of drug-likeness (QED) is 0.278. The van der Waals surface area contributed by atoms with Crippen LogP contribution in [0.3, 0.4) is 0 Å². The van der Waals surface area contributed by atoms with Crippen LogP contribution in [-0.4, -0.2) is 68.8 Å². The van der Waals surface area contributed by atoms with Crippen molar-refractivity contribution < 1.29 is 28.7 Å². The highest BCUT2D eigenvalue weighted by Crippen LogP contribution is 2.77. The zero-order valence-corrected chi connectivity index (χ0v) is 49.0. The van der Waals surface area contributed by atoms with Crippen molar-refractivity contribution >= 4 is 23.5 Å². The number of carbonyl (C=O) groups excluding carboxylic acids is 4. The number of fused-ring (bicyclic) bond motifs is 14. The lowest BCUT2D eigenvalue weighted by Crippen LogP contribution is -2.67. The molecule has 0 aliphatic heterocycles. The van der Waals surface area contributed by atoms with E-state index in [0.29, 0.717) is 29.4 Å². The van der Waals surface area contributed by atoms with Crippen LogP contribution < -0.4 is 5.73 Å². The van der Waals surface area contributed by atoms with Gasteiger partial charge < -0.3 is 20.1 Å². The molecule has 0 saturated heterocycles. The summed E-state index contributed by atoms with van der Waals surface area (Å²) in [7, 11) is 7.50. The summed E-state index contributed by atoms with van der Waals surface area (Å²) in [6.07, 6.45) is 23.3. The maximum atomic E-state index is 14.5. The van der Waals surface area contributed by atoms with Crippen LogP contribution >= 0.6 is 0 Å². The Kier molecular flexibility index (Phi) is 12.7. The molecule has 2 unspecified atom stereocenters. The number of nitrogens with zero attached hydrogens (tertiary/aromatic N) is 1. The summed E-state index contributed by atoms with van der Waals surface area (Å²) < 4.78 is 10.5. The molecular formula is C64H102N2O6. The maximum Gasteiger partial charge on any atom is 0.311 e. The van der Waals surface area contributed by atoms with E-state index < -0.39 is 10.8 Å². The summed E-state index contributed by atoms with van der Waals surface area (Å²) in [6.45, 7) is 33.5. The number of nitrogens with two attached hydrogens (primary N) is 1. The number of ketones is 2. The number of allylic oxidation sites excluding steroid dienone is 4. The van der Waals surface area contributed by atoms with E-state index in [1.807, 2.05) is 0 Å². The number of ether oxygens (including phenoxy) is 2. The second-order valence-corrected chi connectivity index (χ2v) is 31.3. The van der Waals surface area contributed by atoms with Gasteiger partial charge in [0, 0.05) is 23.9 Å². The van der Waals surface area contributed by atoms with Gasteiger partial charge in [-0.2, -0.15) is 0 Å². The normalized spacial score (nSPS) is 51.8. The summed E-state index contributed by atoms with van der Waals surface area (Å²) in [4.78, 5) is 56.9. The predicted molar refractivity (Wildman–Crippen MR) is 288 cm³/mol. The summed E-state index contributed by atoms with van der Waals surface area (Å²) in [5, 5.41) is 0. The van der Waals surface area contributed by atoms with Crippen LogP contribution in [0.25, 0.3) is 0 Å². The van der Waals surface area contributed by atoms with Crippen molar-refractivity contribution in [3.8, 4) is 0 Å². The minimum atomic E-state index is -0.466. The molecule has 0 heterocycles. The van der Waals surface area contributed by atoms with E-state index in [2.05, 4.69) is 128 Å². The molecule has 0 aromatic rings. The Balaban J connectivity index is 0.000000178. The van der Waals surface area contributed by atoms with E-state index in [4.69, 9.17) is 15.2 Å². The van der Waals surface area contributed by atoms with Crippen LogP contribution in [0.1, 0.15) is 213 Å². The lowest BCUT2D eigenvalue weighted by atomic mass is 9.33. The molecule has 0 radical (unpaired) electrons. The van der Waals surface area contributed by atoms with Gasteiger partial charge in [0.05, 0.1) is 25.0 Å². The molecule has 404 valence electrons. The van der Waals surface area contributed by atoms with Gasteiger partial charge in [-0.05, 0) is 233 Å². The topological polar surface area (TPSA) is 116 Å². The molecule has 0 aromatic carbocycles. The van der Waals surface area contributed by atoms with Gasteiger partial charge in [-0.25, -0.2) is 0 Å². The largest absolute Gasteiger partial charge is 0.469 e. The molecule has 18 atom stereocenters. The average molecular weight is 996 g/mol. The van der Waals surface area contributed by atoms with Crippen molar-refractivity contribution in [1.82, 2.24) is 4.90 Å². The van der Waals surface area contributed by atoms with E-state index in [-0.39, 0.29) is 95.8 Å². The molecule has 0 bridgehead atoms. The lowest BCUT2D eigenvalue weighted by molar-refractivity contribution is -0.194. The third kappa shape index (κ3) is 7.11. The summed E-state index contributed by atoms with van der Waals surface area (Å²) in [6, 6.07) is 0.767. The average Bonchev–Trinajstić information content (AvgIpc) is 3.29. The Morgan fingerprint density at radius 2 is 0.889 bits per heavy atom. The van der Waals surface area contributed by atoms with Crippen molar-refractivity contribution in [3.05, 3.63) is 23.3 Å². The van der Waals surface area contributed by atoms with Crippen molar-refractivity contribution in [1.29, 1.82) is 0 Å². The van der Waals surface area contributed by atoms with Crippen LogP contribution in [0, 0.1) is 100 Å². The van der Waals surface area contributed by atoms with E-state index in [9.17, 15) is 19.2 Å². The first-order valence-corrected chi connectivity index (χ1v) is 29.2. The molecule has 8 nitrogen and oxygen atoms in total. The van der Waals surface area contributed by atoms with E-state index in [0.717, 1.165) is 89.9 Å². The number of hydrogen-bond donors (Lipinski definition) is 1. The van der Waals surface area contributed by atoms with Crippen LogP contribution in [-0.2, 0) is 28.7 Å². The van der Waals surface area contributed by atoms with Crippen molar-refractivity contribution in [2.24, 2.45) is 106 Å². The molecule has 8 saturated carbocycles. The Bertz CT molecular complexity index is 2330. The van der Waals surface area contributed by atoms with Gasteiger partial charge in [0.1, 0.15) is 0 Å². The molecule has 10 aliphatic rings. The van der Waals surface area contributed by atoms with Crippen LogP contribution in [0.4, 0.5) is 0 Å². The van der Waals surface area contributed by atoms with Gasteiger partial charge in [0.2, 0.25) is 0 Å². The third-order valence-electron chi connectivity index (χ3n) is 27.2. The first kappa shape index (κ1) is 54.5. The van der Waals surface area contributed by atoms with Crippen molar-refractivity contribution in [2.45, 2.75) is 225 Å². The number of carbonyl (C=O) groups is 4. The lowest BCUT2D eigenvalue weighted by Gasteiger charge is -2.71. The fourth-order valence-corrected chi connectivity index (χ4v) is 22.2. The highest BCUT2D eigenvalue weighted by molar-refractivity contribution is 5.96. The highest BCUT2D eigenvalue weighted by atomic mass is 16.5. The number of hydrogen-bond acceptors (Lipinski definition) is 8. The molecule has 0 spiro atoms. The van der Waals surface area contributed by atoms with Crippen molar-refractivity contribution in [2.75, 3.05) is 28.3 Å². The number of methoxy groups -OCH3 is 2. The molecule has 8 heteroatoms. The SMILES string of the molecule is COC(=O)[C@@]1(C)CC[C@]2(C)CC[C@]3(C)C(=CC(=O)[C@@H]4[C@@]5(C)CCC(N(C)C)C(C)(C)[C@@H]5CC[C@]43C)[C@@H]2C1.COC(=O)[C@@]1(C)CC[C@]2(C)CC[C@]3(C)C(=CC(=O)[C@@H]4[C@@]5(C)CCC(N)C(C)(C)[C@@H]5CC[C@]43C)[C@@H]2C1. The predicted octanol–water partition coefficient (Wildman–Crippen LogP) is 13.5. The zero-order valence-electron chi connectivity index (χ0n) is 49.0. The minimum absolute atomic E-state index is 0.000637. The third-order valence-corrected chi connectivity index (χ3v) is 27.2. The Morgan fingerprint density at radius 1 is 0.514 bits per heavy atom. The Morgan fingerprint density at radius 3 is 1.28 bits per heavy atom. The molecule has 8 fully saturated rings. The molecule has 10 aliphatic carbocycles.